The monoisotopic (exact) mass is 1000 g/mol. The Morgan fingerprint density at radius 3 is 0.500 bits per heavy atom. The normalized spacial score (nSPS) is 15.3. The molecule has 76 heavy (non-hydrogen) atoms. The third kappa shape index (κ3) is 6.30. The van der Waals surface area contributed by atoms with Gasteiger partial charge in [-0.15, -0.1) is 0 Å². The summed E-state index contributed by atoms with van der Waals surface area (Å²) in [6.07, 6.45) is 6.62. The van der Waals surface area contributed by atoms with Gasteiger partial charge in [-0.05, 0) is 139 Å². The number of rotatable bonds is 12. The predicted molar refractivity (Wildman–Crippen MR) is 296 cm³/mol. The van der Waals surface area contributed by atoms with Gasteiger partial charge in [-0.1, -0.05) is 102 Å². The van der Waals surface area contributed by atoms with E-state index in [4.69, 9.17) is 0 Å². The van der Waals surface area contributed by atoms with Crippen LogP contribution in [0.2, 0.25) is 0 Å². The van der Waals surface area contributed by atoms with E-state index in [9.17, 15) is 38.4 Å². The first-order valence-electron chi connectivity index (χ1n) is 26.8. The van der Waals surface area contributed by atoms with Gasteiger partial charge in [0.1, 0.15) is 0 Å². The minimum atomic E-state index is -0.251. The summed E-state index contributed by atoms with van der Waals surface area (Å²) in [7, 11) is 0. The van der Waals surface area contributed by atoms with Crippen LogP contribution >= 0.6 is 0 Å². The highest BCUT2D eigenvalue weighted by atomic mass is 16.2. The van der Waals surface area contributed by atoms with Crippen LogP contribution in [0.5, 0.6) is 0 Å². The van der Waals surface area contributed by atoms with Gasteiger partial charge in [-0.3, -0.25) is 58.0 Å². The highest BCUT2D eigenvalue weighted by Gasteiger charge is 2.39. The summed E-state index contributed by atoms with van der Waals surface area (Å²) in [6.45, 7) is 9.78. The van der Waals surface area contributed by atoms with E-state index >= 15 is 0 Å². The molecule has 0 unspecified atom stereocenters. The van der Waals surface area contributed by atoms with Crippen molar-refractivity contribution in [2.45, 2.75) is 79.1 Å². The van der Waals surface area contributed by atoms with Crippen molar-refractivity contribution < 1.29 is 38.4 Å². The Labute approximate surface area is 436 Å². The van der Waals surface area contributed by atoms with Crippen LogP contribution in [-0.4, -0.2) is 93.0 Å². The molecule has 14 rings (SSSR count). The number of fused-ring (bicyclic) bond motifs is 4. The van der Waals surface area contributed by atoms with Crippen LogP contribution < -0.4 is 0 Å². The van der Waals surface area contributed by atoms with Crippen molar-refractivity contribution in [1.29, 1.82) is 0 Å². The second kappa shape index (κ2) is 17.5. The van der Waals surface area contributed by atoms with Gasteiger partial charge in [0, 0.05) is 92.2 Å². The number of imide groups is 4. The average molecular weight is 1010 g/mol. The number of benzene rings is 10. The van der Waals surface area contributed by atoms with Crippen molar-refractivity contribution in [1.82, 2.24) is 19.6 Å². The first-order valence-corrected chi connectivity index (χ1v) is 26.8. The van der Waals surface area contributed by atoms with Gasteiger partial charge in [0.2, 0.25) is 0 Å². The molecular formula is C64H52N4O8. The Kier molecular flexibility index (Phi) is 10.8. The third-order valence-corrected chi connectivity index (χ3v) is 16.5. The topological polar surface area (TPSA) is 150 Å². The standard InChI is InChI=1S/2C32H26N2O4/c2*1-3-5-15-33-29(35)21-11-7-17-19-9-13-23-28-24(32(38)34(31(23)37)16-6-4-2)14-10-20(26(19)28)18-8-12-22(30(33)36)27(21)25(17)18/h2*7-14H,3-6,15-16H2,1-2H3. The molecule has 0 atom stereocenters. The molecule has 0 fully saturated rings. The molecule has 0 saturated heterocycles. The SMILES string of the molecule is CCCCN1C(=O)c2ccc3c4ccc5c6c(ccc(c7ccc(c2c37)C1=O)c64)C(=O)N(CCCC)C5=O.CCCCN1C(=O)c2ccc3c4ccc5c6c(ccc(c7ccc(c2c37)C1=O)c64)C(=O)N(CCCC)C5=O. The second-order valence-electron chi connectivity index (χ2n) is 20.7. The minimum Gasteiger partial charge on any atom is -0.274 e. The number of hydrogen-bond donors (Lipinski definition) is 0. The number of nitrogens with zero attached hydrogens (tertiary/aromatic N) is 4. The van der Waals surface area contributed by atoms with E-state index in [0.717, 1.165) is 116 Å². The molecule has 4 aliphatic rings. The zero-order valence-corrected chi connectivity index (χ0v) is 42.8. The van der Waals surface area contributed by atoms with Gasteiger partial charge in [0.25, 0.3) is 47.3 Å². The summed E-state index contributed by atoms with van der Waals surface area (Å²) < 4.78 is 0. The van der Waals surface area contributed by atoms with Gasteiger partial charge in [0.15, 0.2) is 0 Å². The number of carbonyl (C=O) groups excluding carboxylic acids is 8. The zero-order valence-electron chi connectivity index (χ0n) is 42.8. The van der Waals surface area contributed by atoms with Gasteiger partial charge in [-0.25, -0.2) is 0 Å². The van der Waals surface area contributed by atoms with Crippen LogP contribution in [0.4, 0.5) is 0 Å². The van der Waals surface area contributed by atoms with Crippen molar-refractivity contribution in [3.8, 4) is 0 Å². The van der Waals surface area contributed by atoms with Crippen LogP contribution in [0.15, 0.2) is 97.1 Å². The Bertz CT molecular complexity index is 3530. The quantitative estimate of drug-likeness (QED) is 0.0667. The third-order valence-electron chi connectivity index (χ3n) is 16.5. The number of carbonyl (C=O) groups is 8. The van der Waals surface area contributed by atoms with E-state index < -0.39 is 0 Å². The number of unbranched alkanes of at least 4 members (excludes halogenated alkanes) is 4. The largest absolute Gasteiger partial charge is 0.274 e. The highest BCUT2D eigenvalue weighted by molar-refractivity contribution is 6.43. The molecule has 0 radical (unpaired) electrons. The molecule has 0 aromatic heterocycles. The van der Waals surface area contributed by atoms with E-state index in [1.54, 1.807) is 0 Å². The molecule has 376 valence electrons. The summed E-state index contributed by atoms with van der Waals surface area (Å²) in [6, 6.07) is 30.2. The molecule has 0 bridgehead atoms. The zero-order chi connectivity index (χ0) is 52.6. The van der Waals surface area contributed by atoms with E-state index in [-0.39, 0.29) is 47.3 Å². The van der Waals surface area contributed by atoms with E-state index in [1.807, 2.05) is 125 Å². The number of hydrogen-bond acceptors (Lipinski definition) is 8. The number of amides is 8. The first-order chi connectivity index (χ1) is 36.9. The lowest BCUT2D eigenvalue weighted by Gasteiger charge is -2.30. The molecule has 4 heterocycles. The lowest BCUT2D eigenvalue weighted by molar-refractivity contribution is 0.0593. The fraction of sp³-hybridized carbons (Fsp3) is 0.250. The van der Waals surface area contributed by atoms with Crippen molar-refractivity contribution >= 4 is 133 Å². The maximum absolute atomic E-state index is 13.4. The Balaban J connectivity index is 0.000000146. The summed E-state index contributed by atoms with van der Waals surface area (Å²) >= 11 is 0. The molecule has 10 aromatic carbocycles. The molecule has 0 aliphatic carbocycles. The molecule has 0 saturated carbocycles. The van der Waals surface area contributed by atoms with Crippen molar-refractivity contribution in [3.05, 3.63) is 142 Å². The van der Waals surface area contributed by atoms with E-state index in [1.165, 1.54) is 19.6 Å². The Morgan fingerprint density at radius 1 is 0.224 bits per heavy atom. The first kappa shape index (κ1) is 47.1. The maximum Gasteiger partial charge on any atom is 0.261 e. The molecule has 4 aliphatic heterocycles. The summed E-state index contributed by atoms with van der Waals surface area (Å²) in [5, 5.41) is 13.6. The Morgan fingerprint density at radius 2 is 0.368 bits per heavy atom. The minimum absolute atomic E-state index is 0.251. The summed E-state index contributed by atoms with van der Waals surface area (Å²) in [5.41, 5.74) is 4.35. The van der Waals surface area contributed by atoms with Crippen LogP contribution in [0, 0.1) is 0 Å². The Hall–Kier alpha value is -8.64. The highest BCUT2D eigenvalue weighted by Crippen LogP contribution is 2.48. The molecule has 0 spiro atoms. The van der Waals surface area contributed by atoms with Crippen molar-refractivity contribution in [3.63, 3.8) is 0 Å². The van der Waals surface area contributed by atoms with Crippen LogP contribution in [0.25, 0.3) is 86.2 Å². The second-order valence-corrected chi connectivity index (χ2v) is 20.7. The van der Waals surface area contributed by atoms with Crippen LogP contribution in [-0.2, 0) is 0 Å². The van der Waals surface area contributed by atoms with Crippen LogP contribution in [0.1, 0.15) is 162 Å². The summed E-state index contributed by atoms with van der Waals surface area (Å²) in [5.74, 6) is -2.01. The fourth-order valence-electron chi connectivity index (χ4n) is 12.8. The predicted octanol–water partition coefficient (Wildman–Crippen LogP) is 13.1. The van der Waals surface area contributed by atoms with E-state index in [2.05, 4.69) is 0 Å². The molecule has 12 nitrogen and oxygen atoms in total. The molecule has 12 heteroatoms. The fourth-order valence-corrected chi connectivity index (χ4v) is 12.8. The van der Waals surface area contributed by atoms with Crippen molar-refractivity contribution in [2.75, 3.05) is 26.2 Å². The molecular weight excluding hydrogens is 953 g/mol. The van der Waals surface area contributed by atoms with Crippen LogP contribution in [0.3, 0.4) is 0 Å². The average Bonchev–Trinajstić information content (AvgIpc) is 3.53. The molecule has 8 amide bonds. The van der Waals surface area contributed by atoms with Gasteiger partial charge in [0.05, 0.1) is 0 Å². The molecule has 10 aromatic rings. The van der Waals surface area contributed by atoms with Gasteiger partial charge < -0.3 is 0 Å². The lowest BCUT2D eigenvalue weighted by atomic mass is 9.82. The summed E-state index contributed by atoms with van der Waals surface area (Å²) in [4.78, 5) is 113. The lowest BCUT2D eigenvalue weighted by Crippen LogP contribution is -2.41. The van der Waals surface area contributed by atoms with E-state index in [0.29, 0.717) is 92.2 Å². The van der Waals surface area contributed by atoms with Gasteiger partial charge in [-0.2, -0.15) is 0 Å². The molecule has 0 N–H and O–H groups in total. The van der Waals surface area contributed by atoms with Crippen molar-refractivity contribution in [2.24, 2.45) is 0 Å². The van der Waals surface area contributed by atoms with Gasteiger partial charge >= 0.3 is 0 Å². The maximum atomic E-state index is 13.4. The smallest absolute Gasteiger partial charge is 0.261 e.